The number of rotatable bonds is 9. The number of H-pyrrole nitrogens is 1. The number of hydrogen-bond donors (Lipinski definition) is 4. The highest BCUT2D eigenvalue weighted by Gasteiger charge is 2.22. The Morgan fingerprint density at radius 1 is 0.950 bits per heavy atom. The molecule has 3 aromatic carbocycles. The third kappa shape index (κ3) is 5.89. The van der Waals surface area contributed by atoms with Gasteiger partial charge in [-0.2, -0.15) is 0 Å². The van der Waals surface area contributed by atoms with E-state index in [0.29, 0.717) is 34.5 Å². The minimum Gasteiger partial charge on any atom is -0.366 e. The van der Waals surface area contributed by atoms with E-state index >= 15 is 0 Å². The van der Waals surface area contributed by atoms with E-state index in [2.05, 4.69) is 15.3 Å². The summed E-state index contributed by atoms with van der Waals surface area (Å²) >= 11 is 0. The normalized spacial score (nSPS) is 11.9. The van der Waals surface area contributed by atoms with Crippen LogP contribution in [0, 0.1) is 11.6 Å². The number of nitrogens with zero attached hydrogens (tertiary/aromatic N) is 1. The van der Waals surface area contributed by atoms with Crippen LogP contribution in [0.4, 0.5) is 8.78 Å². The molecule has 6 N–H and O–H groups in total. The molecule has 2 aromatic heterocycles. The van der Waals surface area contributed by atoms with Gasteiger partial charge in [-0.15, -0.1) is 0 Å². The maximum absolute atomic E-state index is 14.1. The quantitative estimate of drug-likeness (QED) is 0.216. The van der Waals surface area contributed by atoms with E-state index in [-0.39, 0.29) is 18.7 Å². The first-order chi connectivity index (χ1) is 19.3. The van der Waals surface area contributed by atoms with E-state index in [0.717, 1.165) is 28.1 Å². The van der Waals surface area contributed by atoms with E-state index in [1.807, 2.05) is 24.3 Å². The Labute approximate surface area is 229 Å². The van der Waals surface area contributed by atoms with Gasteiger partial charge in [0.1, 0.15) is 11.6 Å². The number of carbonyl (C=O) groups excluding carboxylic acids is 2. The Balaban J connectivity index is 1.50. The summed E-state index contributed by atoms with van der Waals surface area (Å²) in [6.45, 7) is 0.405. The average molecular weight is 540 g/mol. The fourth-order valence-electron chi connectivity index (χ4n) is 4.88. The Hall–Kier alpha value is -4.89. The van der Waals surface area contributed by atoms with Gasteiger partial charge in [-0.1, -0.05) is 30.3 Å². The minimum atomic E-state index is -0.740. The molecule has 0 fully saturated rings. The number of amides is 2. The van der Waals surface area contributed by atoms with Crippen LogP contribution in [0.3, 0.4) is 0 Å². The van der Waals surface area contributed by atoms with E-state index < -0.39 is 23.6 Å². The Morgan fingerprint density at radius 2 is 1.75 bits per heavy atom. The first-order valence-corrected chi connectivity index (χ1v) is 12.7. The molecule has 0 aliphatic carbocycles. The Kier molecular flexibility index (Phi) is 7.65. The highest BCUT2D eigenvalue weighted by Crippen LogP contribution is 2.30. The van der Waals surface area contributed by atoms with Gasteiger partial charge >= 0.3 is 0 Å². The van der Waals surface area contributed by atoms with E-state index in [1.165, 1.54) is 12.1 Å². The molecule has 0 bridgehead atoms. The molecule has 2 amide bonds. The van der Waals surface area contributed by atoms with E-state index in [4.69, 9.17) is 11.5 Å². The Bertz CT molecular complexity index is 1700. The highest BCUT2D eigenvalue weighted by molar-refractivity contribution is 5.94. The number of pyridine rings is 1. The summed E-state index contributed by atoms with van der Waals surface area (Å²) in [5.41, 5.74) is 16.3. The summed E-state index contributed by atoms with van der Waals surface area (Å²) in [6, 6.07) is 18.6. The summed E-state index contributed by atoms with van der Waals surface area (Å²) in [6.07, 6.45) is 3.50. The van der Waals surface area contributed by atoms with Crippen LogP contribution in [0.5, 0.6) is 0 Å². The standard InChI is InChI=1S/C31H27F2N5O2/c32-23-9-19(10-24(33)15-23)12-28(30-26(5-2-8-36-30)20-3-1-4-21(13-20)31(35)40)38-29(39)14-22-17-37-27-11-18(16-34)6-7-25(22)27/h1-11,13,15,17,28,37H,12,14,16,34H2,(H2,35,40)(H,38,39)/t28-/m0/s1. The van der Waals surface area contributed by atoms with Crippen molar-refractivity contribution in [1.29, 1.82) is 0 Å². The molecular formula is C31H27F2N5O2. The summed E-state index contributed by atoms with van der Waals surface area (Å²) in [4.78, 5) is 32.9. The van der Waals surface area contributed by atoms with Crippen molar-refractivity contribution >= 4 is 22.7 Å². The number of fused-ring (bicyclic) bond motifs is 1. The monoisotopic (exact) mass is 539 g/mol. The van der Waals surface area contributed by atoms with Crippen molar-refractivity contribution < 1.29 is 18.4 Å². The van der Waals surface area contributed by atoms with E-state index in [9.17, 15) is 18.4 Å². The van der Waals surface area contributed by atoms with Crippen molar-refractivity contribution in [3.63, 3.8) is 0 Å². The second kappa shape index (κ2) is 11.5. The number of benzene rings is 3. The van der Waals surface area contributed by atoms with Crippen LogP contribution in [0.15, 0.2) is 85.2 Å². The molecule has 9 heteroatoms. The molecule has 202 valence electrons. The van der Waals surface area contributed by atoms with Gasteiger partial charge in [-0.05, 0) is 65.1 Å². The molecule has 7 nitrogen and oxygen atoms in total. The largest absolute Gasteiger partial charge is 0.366 e. The lowest BCUT2D eigenvalue weighted by molar-refractivity contribution is -0.121. The van der Waals surface area contributed by atoms with Crippen molar-refractivity contribution in [1.82, 2.24) is 15.3 Å². The zero-order valence-corrected chi connectivity index (χ0v) is 21.5. The summed E-state index contributed by atoms with van der Waals surface area (Å²) < 4.78 is 28.1. The molecule has 0 saturated heterocycles. The molecule has 0 radical (unpaired) electrons. The molecule has 2 heterocycles. The van der Waals surface area contributed by atoms with Gasteiger partial charge in [0.15, 0.2) is 0 Å². The number of aromatic nitrogens is 2. The second-order valence-corrected chi connectivity index (χ2v) is 9.56. The Morgan fingerprint density at radius 3 is 2.50 bits per heavy atom. The first kappa shape index (κ1) is 26.7. The van der Waals surface area contributed by atoms with E-state index in [1.54, 1.807) is 42.7 Å². The van der Waals surface area contributed by atoms with Gasteiger partial charge in [0.2, 0.25) is 11.8 Å². The number of nitrogens with one attached hydrogen (secondary N) is 2. The molecular weight excluding hydrogens is 512 g/mol. The van der Waals surface area contributed by atoms with Crippen molar-refractivity contribution in [3.05, 3.63) is 125 Å². The zero-order valence-electron chi connectivity index (χ0n) is 21.5. The predicted octanol–water partition coefficient (Wildman–Crippen LogP) is 4.71. The summed E-state index contributed by atoms with van der Waals surface area (Å²) in [5, 5.41) is 3.92. The highest BCUT2D eigenvalue weighted by atomic mass is 19.1. The molecule has 0 unspecified atom stereocenters. The zero-order chi connectivity index (χ0) is 28.2. The van der Waals surface area contributed by atoms with Crippen molar-refractivity contribution in [2.24, 2.45) is 11.5 Å². The maximum Gasteiger partial charge on any atom is 0.248 e. The van der Waals surface area contributed by atoms with Crippen LogP contribution in [0.25, 0.3) is 22.0 Å². The molecule has 0 saturated carbocycles. The van der Waals surface area contributed by atoms with Crippen LogP contribution in [-0.2, 0) is 24.2 Å². The summed E-state index contributed by atoms with van der Waals surface area (Å²) in [5.74, 6) is -2.31. The summed E-state index contributed by atoms with van der Waals surface area (Å²) in [7, 11) is 0. The minimum absolute atomic E-state index is 0.0648. The van der Waals surface area contributed by atoms with Crippen molar-refractivity contribution in [2.75, 3.05) is 0 Å². The lowest BCUT2D eigenvalue weighted by Gasteiger charge is -2.22. The smallest absolute Gasteiger partial charge is 0.248 e. The van der Waals surface area contributed by atoms with Gasteiger partial charge in [-0.25, -0.2) is 8.78 Å². The maximum atomic E-state index is 14.1. The van der Waals surface area contributed by atoms with Crippen molar-refractivity contribution in [3.8, 4) is 11.1 Å². The molecule has 40 heavy (non-hydrogen) atoms. The number of carbonyl (C=O) groups is 2. The number of hydrogen-bond acceptors (Lipinski definition) is 4. The van der Waals surface area contributed by atoms with Gasteiger partial charge in [0.25, 0.3) is 0 Å². The van der Waals surface area contributed by atoms with Crippen LogP contribution < -0.4 is 16.8 Å². The number of nitrogens with two attached hydrogens (primary N) is 2. The van der Waals surface area contributed by atoms with Gasteiger partial charge in [0, 0.05) is 47.0 Å². The number of primary amides is 1. The van der Waals surface area contributed by atoms with Crippen LogP contribution in [0.2, 0.25) is 0 Å². The lowest BCUT2D eigenvalue weighted by atomic mass is 9.94. The van der Waals surface area contributed by atoms with Crippen molar-refractivity contribution in [2.45, 2.75) is 25.4 Å². The lowest BCUT2D eigenvalue weighted by Crippen LogP contribution is -2.32. The molecule has 1 atom stereocenters. The van der Waals surface area contributed by atoms with Gasteiger partial charge in [-0.3, -0.25) is 14.6 Å². The third-order valence-electron chi connectivity index (χ3n) is 6.74. The first-order valence-electron chi connectivity index (χ1n) is 12.7. The van der Waals surface area contributed by atoms with Crippen LogP contribution >= 0.6 is 0 Å². The van der Waals surface area contributed by atoms with Gasteiger partial charge in [0.05, 0.1) is 18.2 Å². The molecule has 0 spiro atoms. The number of aromatic amines is 1. The number of halogens is 2. The van der Waals surface area contributed by atoms with Crippen LogP contribution in [-0.4, -0.2) is 21.8 Å². The predicted molar refractivity (Wildman–Crippen MR) is 149 cm³/mol. The molecule has 0 aliphatic heterocycles. The molecule has 5 aromatic rings. The van der Waals surface area contributed by atoms with Gasteiger partial charge < -0.3 is 21.8 Å². The SMILES string of the molecule is NCc1ccc2c(CC(=O)N[C@@H](Cc3cc(F)cc(F)c3)c3ncccc3-c3cccc(C(N)=O)c3)c[nH]c2c1. The topological polar surface area (TPSA) is 127 Å². The second-order valence-electron chi connectivity index (χ2n) is 9.56. The molecule has 5 rings (SSSR count). The third-order valence-corrected chi connectivity index (χ3v) is 6.74. The average Bonchev–Trinajstić information content (AvgIpc) is 3.33. The van der Waals surface area contributed by atoms with Crippen LogP contribution in [0.1, 0.15) is 38.8 Å². The molecule has 0 aliphatic rings. The fourth-order valence-corrected chi connectivity index (χ4v) is 4.88. The fraction of sp³-hybridized carbons (Fsp3) is 0.129.